The molecular weight excluding hydrogens is 459 g/mol. The van der Waals surface area contributed by atoms with Crippen LogP contribution in [0, 0.1) is 12.3 Å². The molecule has 2 amide bonds. The Morgan fingerprint density at radius 1 is 1.22 bits per heavy atom. The van der Waals surface area contributed by atoms with Crippen molar-refractivity contribution in [1.82, 2.24) is 14.8 Å². The van der Waals surface area contributed by atoms with E-state index < -0.39 is 11.8 Å². The highest BCUT2D eigenvalue weighted by molar-refractivity contribution is 6.13. The summed E-state index contributed by atoms with van der Waals surface area (Å²) in [7, 11) is 3.21. The van der Waals surface area contributed by atoms with Crippen molar-refractivity contribution in [3.8, 4) is 18.1 Å². The number of halogens is 1. The van der Waals surface area contributed by atoms with Gasteiger partial charge in [0.25, 0.3) is 5.91 Å². The van der Waals surface area contributed by atoms with Gasteiger partial charge in [-0.15, -0.1) is 6.42 Å². The molecule has 0 N–H and O–H groups in total. The first kappa shape index (κ1) is 23.8. The number of likely N-dealkylation sites (tertiary alicyclic amines) is 1. The van der Waals surface area contributed by atoms with Crippen molar-refractivity contribution in [2.45, 2.75) is 31.6 Å². The largest absolute Gasteiger partial charge is 0.414 e. The zero-order valence-electron chi connectivity index (χ0n) is 20.3. The molecule has 2 aliphatic heterocycles. The lowest BCUT2D eigenvalue weighted by Crippen LogP contribution is -2.40. The second kappa shape index (κ2) is 9.25. The second-order valence-corrected chi connectivity index (χ2v) is 9.50. The van der Waals surface area contributed by atoms with Crippen LogP contribution >= 0.6 is 0 Å². The molecule has 8 heteroatoms. The summed E-state index contributed by atoms with van der Waals surface area (Å²) >= 11 is 0. The van der Waals surface area contributed by atoms with E-state index >= 15 is 0 Å². The first-order valence-electron chi connectivity index (χ1n) is 11.9. The van der Waals surface area contributed by atoms with E-state index in [1.165, 1.54) is 4.90 Å². The SMILES string of the molecule is C#CC1(F)CCN(Cc2cc3c(c4ncccc24)CN(c2cccc(OC(=O)N(C)C)c2)C3=O)CC1. The number of amides is 2. The zero-order valence-corrected chi connectivity index (χ0v) is 20.3. The number of carbonyl (C=O) groups is 2. The van der Waals surface area contributed by atoms with E-state index in [4.69, 9.17) is 11.2 Å². The first-order chi connectivity index (χ1) is 17.3. The van der Waals surface area contributed by atoms with Crippen molar-refractivity contribution < 1.29 is 18.7 Å². The highest BCUT2D eigenvalue weighted by Crippen LogP contribution is 2.36. The standard InChI is InChI=1S/C28H27FN4O3/c1-4-28(29)10-13-32(14-11-28)17-19-15-23-24(25-22(19)9-6-12-30-25)18-33(26(23)34)20-7-5-8-21(16-20)36-27(35)31(2)3/h1,5-9,12,15-16H,10-11,13-14,17-18H2,2-3H3. The number of carbonyl (C=O) groups excluding carboxylic acids is 2. The number of rotatable bonds is 4. The quantitative estimate of drug-likeness (QED) is 0.512. The monoisotopic (exact) mass is 486 g/mol. The van der Waals surface area contributed by atoms with Gasteiger partial charge in [0.1, 0.15) is 5.75 Å². The molecule has 3 heterocycles. The Morgan fingerprint density at radius 3 is 2.72 bits per heavy atom. The van der Waals surface area contributed by atoms with Gasteiger partial charge in [-0.3, -0.25) is 14.7 Å². The highest BCUT2D eigenvalue weighted by Gasteiger charge is 2.34. The van der Waals surface area contributed by atoms with Gasteiger partial charge in [0.2, 0.25) is 0 Å². The number of ether oxygens (including phenoxy) is 1. The van der Waals surface area contributed by atoms with E-state index in [2.05, 4.69) is 15.8 Å². The molecule has 1 fully saturated rings. The number of pyridine rings is 1. The third-order valence-electron chi connectivity index (χ3n) is 6.88. The maximum absolute atomic E-state index is 14.5. The molecular formula is C28H27FN4O3. The van der Waals surface area contributed by atoms with Gasteiger partial charge in [-0.2, -0.15) is 0 Å². The number of benzene rings is 2. The molecule has 7 nitrogen and oxygen atoms in total. The van der Waals surface area contributed by atoms with E-state index in [1.54, 1.807) is 43.4 Å². The van der Waals surface area contributed by atoms with Gasteiger partial charge < -0.3 is 14.5 Å². The highest BCUT2D eigenvalue weighted by atomic mass is 19.1. The number of alkyl halides is 1. The molecule has 2 aromatic carbocycles. The molecule has 0 atom stereocenters. The van der Waals surface area contributed by atoms with Crippen LogP contribution in [-0.2, 0) is 13.1 Å². The van der Waals surface area contributed by atoms with Crippen LogP contribution in [0.25, 0.3) is 10.9 Å². The molecule has 0 aliphatic carbocycles. The number of fused-ring (bicyclic) bond motifs is 3. The van der Waals surface area contributed by atoms with Gasteiger partial charge in [0.05, 0.1) is 12.1 Å². The van der Waals surface area contributed by atoms with Crippen molar-refractivity contribution >= 4 is 28.6 Å². The fraction of sp³-hybridized carbons (Fsp3) is 0.321. The lowest BCUT2D eigenvalue weighted by atomic mass is 9.93. The minimum atomic E-state index is -1.54. The summed E-state index contributed by atoms with van der Waals surface area (Å²) in [6.07, 6.45) is 7.20. The number of hydrogen-bond acceptors (Lipinski definition) is 5. The third-order valence-corrected chi connectivity index (χ3v) is 6.88. The summed E-state index contributed by atoms with van der Waals surface area (Å²) in [5, 5.41) is 0.980. The maximum atomic E-state index is 14.5. The molecule has 184 valence electrons. The number of nitrogens with zero attached hydrogens (tertiary/aromatic N) is 4. The van der Waals surface area contributed by atoms with Crippen LogP contribution in [0.2, 0.25) is 0 Å². The third kappa shape index (κ3) is 4.38. The predicted octanol–water partition coefficient (Wildman–Crippen LogP) is 4.39. The minimum Gasteiger partial charge on any atom is -0.410 e. The van der Waals surface area contributed by atoms with Crippen LogP contribution in [0.15, 0.2) is 48.7 Å². The Morgan fingerprint density at radius 2 is 2.00 bits per heavy atom. The molecule has 1 aromatic heterocycles. The molecule has 0 unspecified atom stereocenters. The number of hydrogen-bond donors (Lipinski definition) is 0. The minimum absolute atomic E-state index is 0.136. The predicted molar refractivity (Wildman–Crippen MR) is 136 cm³/mol. The molecule has 5 rings (SSSR count). The summed E-state index contributed by atoms with van der Waals surface area (Å²) in [5.74, 6) is 2.52. The van der Waals surface area contributed by atoms with Gasteiger partial charge in [-0.1, -0.05) is 18.1 Å². The average molecular weight is 487 g/mol. The molecule has 1 saturated heterocycles. The number of anilines is 1. The van der Waals surface area contributed by atoms with Gasteiger partial charge in [-0.25, -0.2) is 9.18 Å². The van der Waals surface area contributed by atoms with Crippen LogP contribution in [0.5, 0.6) is 5.75 Å². The Hall–Kier alpha value is -3.96. The van der Waals surface area contributed by atoms with Crippen LogP contribution in [-0.4, -0.2) is 59.6 Å². The Kier molecular flexibility index (Phi) is 6.10. The smallest absolute Gasteiger partial charge is 0.410 e. The van der Waals surface area contributed by atoms with Crippen molar-refractivity contribution in [3.63, 3.8) is 0 Å². The van der Waals surface area contributed by atoms with Crippen molar-refractivity contribution in [3.05, 3.63) is 65.4 Å². The van der Waals surface area contributed by atoms with Crippen molar-refractivity contribution in [1.29, 1.82) is 0 Å². The number of terminal acetylenes is 1. The van der Waals surface area contributed by atoms with E-state index in [1.807, 2.05) is 24.3 Å². The van der Waals surface area contributed by atoms with E-state index in [-0.39, 0.29) is 5.91 Å². The topological polar surface area (TPSA) is 66.0 Å². The normalized spacial score (nSPS) is 17.1. The first-order valence-corrected chi connectivity index (χ1v) is 11.9. The summed E-state index contributed by atoms with van der Waals surface area (Å²) < 4.78 is 19.9. The van der Waals surface area contributed by atoms with Gasteiger partial charge >= 0.3 is 6.09 Å². The zero-order chi connectivity index (χ0) is 25.4. The summed E-state index contributed by atoms with van der Waals surface area (Å²) in [6, 6.07) is 12.8. The molecule has 3 aromatic rings. The lowest BCUT2D eigenvalue weighted by molar-refractivity contribution is 0.0994. The Balaban J connectivity index is 1.44. The average Bonchev–Trinajstić information content (AvgIpc) is 3.22. The molecule has 0 saturated carbocycles. The molecule has 0 spiro atoms. The Labute approximate surface area is 209 Å². The summed E-state index contributed by atoms with van der Waals surface area (Å²) in [6.45, 7) is 2.05. The van der Waals surface area contributed by atoms with Gasteiger partial charge in [-0.05, 0) is 29.8 Å². The van der Waals surface area contributed by atoms with Crippen LogP contribution < -0.4 is 9.64 Å². The van der Waals surface area contributed by atoms with Crippen molar-refractivity contribution in [2.75, 3.05) is 32.1 Å². The van der Waals surface area contributed by atoms with Crippen LogP contribution in [0.3, 0.4) is 0 Å². The Bertz CT molecular complexity index is 1390. The second-order valence-electron chi connectivity index (χ2n) is 9.50. The van der Waals surface area contributed by atoms with Gasteiger partial charge in [0.15, 0.2) is 5.67 Å². The molecule has 0 bridgehead atoms. The summed E-state index contributed by atoms with van der Waals surface area (Å²) in [5.41, 5.74) is 2.33. The van der Waals surface area contributed by atoms with E-state index in [0.717, 1.165) is 22.0 Å². The fourth-order valence-electron chi connectivity index (χ4n) is 4.79. The van der Waals surface area contributed by atoms with Crippen molar-refractivity contribution in [2.24, 2.45) is 0 Å². The van der Waals surface area contributed by atoms with E-state index in [9.17, 15) is 14.0 Å². The molecule has 2 aliphatic rings. The lowest BCUT2D eigenvalue weighted by Gasteiger charge is -2.33. The maximum Gasteiger partial charge on any atom is 0.414 e. The number of piperidine rings is 1. The molecule has 0 radical (unpaired) electrons. The fourth-order valence-corrected chi connectivity index (χ4v) is 4.79. The van der Waals surface area contributed by atoms with Gasteiger partial charge in [0, 0.05) is 81.0 Å². The molecule has 36 heavy (non-hydrogen) atoms. The summed E-state index contributed by atoms with van der Waals surface area (Å²) in [4.78, 5) is 35.3. The number of aromatic nitrogens is 1. The van der Waals surface area contributed by atoms with Crippen LogP contribution in [0.4, 0.5) is 14.9 Å². The van der Waals surface area contributed by atoms with E-state index in [0.29, 0.717) is 56.0 Å². The van der Waals surface area contributed by atoms with Crippen LogP contribution in [0.1, 0.15) is 34.3 Å².